The Kier molecular flexibility index (Phi) is 5.15. The van der Waals surface area contributed by atoms with Crippen LogP contribution in [0.1, 0.15) is 17.0 Å². The molecule has 2 aliphatic rings. The quantitative estimate of drug-likeness (QED) is 0.854. The minimum atomic E-state index is 0.623. The number of benzene rings is 1. The van der Waals surface area contributed by atoms with E-state index in [0.717, 1.165) is 59.0 Å². The van der Waals surface area contributed by atoms with Crippen molar-refractivity contribution in [2.75, 3.05) is 39.4 Å². The number of morpholine rings is 1. The van der Waals surface area contributed by atoms with Crippen LogP contribution in [0.2, 0.25) is 0 Å². The van der Waals surface area contributed by atoms with E-state index in [4.69, 9.17) is 4.74 Å². The highest BCUT2D eigenvalue weighted by atomic mass is 16.5. The minimum Gasteiger partial charge on any atom is -0.379 e. The van der Waals surface area contributed by atoms with Crippen molar-refractivity contribution in [3.05, 3.63) is 53.6 Å². The van der Waals surface area contributed by atoms with Crippen LogP contribution in [-0.4, -0.2) is 58.7 Å². The van der Waals surface area contributed by atoms with Crippen LogP contribution < -0.4 is 0 Å². The Labute approximate surface area is 150 Å². The maximum Gasteiger partial charge on any atom is 0.122 e. The molecule has 2 aromatic rings. The molecule has 0 N–H and O–H groups in total. The molecule has 3 heterocycles. The fourth-order valence-corrected chi connectivity index (χ4v) is 4.08. The van der Waals surface area contributed by atoms with Crippen molar-refractivity contribution in [2.45, 2.75) is 26.6 Å². The lowest BCUT2D eigenvalue weighted by molar-refractivity contribution is 0.0265. The van der Waals surface area contributed by atoms with Gasteiger partial charge in [0.15, 0.2) is 0 Å². The summed E-state index contributed by atoms with van der Waals surface area (Å²) in [6.07, 6.45) is 4.08. The summed E-state index contributed by atoms with van der Waals surface area (Å²) in [5, 5.41) is 0. The number of fused-ring (bicyclic) bond motifs is 1. The molecule has 1 aromatic heterocycles. The van der Waals surface area contributed by atoms with Gasteiger partial charge in [0.2, 0.25) is 0 Å². The van der Waals surface area contributed by atoms with Crippen LogP contribution in [0.4, 0.5) is 0 Å². The van der Waals surface area contributed by atoms with E-state index >= 15 is 0 Å². The predicted molar refractivity (Wildman–Crippen MR) is 98.3 cm³/mol. The van der Waals surface area contributed by atoms with Crippen molar-refractivity contribution in [2.24, 2.45) is 5.92 Å². The number of imidazole rings is 1. The maximum atomic E-state index is 5.50. The molecule has 134 valence electrons. The zero-order valence-corrected chi connectivity index (χ0v) is 15.1. The summed E-state index contributed by atoms with van der Waals surface area (Å²) in [5.74, 6) is 1.82. The van der Waals surface area contributed by atoms with E-state index in [2.05, 4.69) is 56.7 Å². The van der Waals surface area contributed by atoms with Gasteiger partial charge in [-0.25, -0.2) is 4.98 Å². The van der Waals surface area contributed by atoms with E-state index in [9.17, 15) is 0 Å². The number of rotatable bonds is 4. The Hall–Kier alpha value is -1.69. The second kappa shape index (κ2) is 7.68. The number of ether oxygens (including phenoxy) is 1. The van der Waals surface area contributed by atoms with Crippen LogP contribution in [0.25, 0.3) is 0 Å². The smallest absolute Gasteiger partial charge is 0.122 e. The monoisotopic (exact) mass is 340 g/mol. The summed E-state index contributed by atoms with van der Waals surface area (Å²) in [7, 11) is 0. The highest BCUT2D eigenvalue weighted by molar-refractivity contribution is 5.22. The fourth-order valence-electron chi connectivity index (χ4n) is 4.08. The zero-order chi connectivity index (χ0) is 17.1. The summed E-state index contributed by atoms with van der Waals surface area (Å²) in [6, 6.07) is 8.87. The lowest BCUT2D eigenvalue weighted by atomic mass is 10.1. The molecule has 2 aliphatic heterocycles. The summed E-state index contributed by atoms with van der Waals surface area (Å²) in [4.78, 5) is 9.71. The largest absolute Gasteiger partial charge is 0.379 e. The first-order chi connectivity index (χ1) is 12.3. The van der Waals surface area contributed by atoms with Gasteiger partial charge in [0.25, 0.3) is 0 Å². The van der Waals surface area contributed by atoms with Crippen molar-refractivity contribution in [3.63, 3.8) is 0 Å². The van der Waals surface area contributed by atoms with E-state index < -0.39 is 0 Å². The Morgan fingerprint density at radius 3 is 2.88 bits per heavy atom. The van der Waals surface area contributed by atoms with Crippen LogP contribution in [0.15, 0.2) is 36.7 Å². The topological polar surface area (TPSA) is 33.5 Å². The SMILES string of the molecule is Cc1cccc(CN2Cc3nccn3C[C@H](CN3CCOCC3)C2)c1. The van der Waals surface area contributed by atoms with E-state index in [0.29, 0.717) is 5.92 Å². The number of aryl methyl sites for hydroxylation is 1. The van der Waals surface area contributed by atoms with E-state index in [1.54, 1.807) is 0 Å². The van der Waals surface area contributed by atoms with Crippen molar-refractivity contribution in [1.29, 1.82) is 0 Å². The molecule has 0 spiro atoms. The average Bonchev–Trinajstić information content (AvgIpc) is 2.96. The zero-order valence-electron chi connectivity index (χ0n) is 15.1. The molecule has 1 saturated heterocycles. The van der Waals surface area contributed by atoms with Crippen molar-refractivity contribution < 1.29 is 4.74 Å². The third kappa shape index (κ3) is 4.29. The predicted octanol–water partition coefficient (Wildman–Crippen LogP) is 2.16. The van der Waals surface area contributed by atoms with E-state index in [1.807, 2.05) is 6.20 Å². The second-order valence-corrected chi connectivity index (χ2v) is 7.43. The van der Waals surface area contributed by atoms with Gasteiger partial charge < -0.3 is 9.30 Å². The molecular weight excluding hydrogens is 312 g/mol. The van der Waals surface area contributed by atoms with Crippen LogP contribution in [0.3, 0.4) is 0 Å². The molecule has 0 aliphatic carbocycles. The third-order valence-electron chi connectivity index (χ3n) is 5.25. The Bertz CT molecular complexity index is 693. The molecule has 5 heteroatoms. The van der Waals surface area contributed by atoms with Gasteiger partial charge in [-0.15, -0.1) is 0 Å². The van der Waals surface area contributed by atoms with Gasteiger partial charge in [-0.3, -0.25) is 9.80 Å². The first-order valence-electron chi connectivity index (χ1n) is 9.34. The second-order valence-electron chi connectivity index (χ2n) is 7.43. The van der Waals surface area contributed by atoms with Gasteiger partial charge in [0.05, 0.1) is 19.8 Å². The lowest BCUT2D eigenvalue weighted by Crippen LogP contribution is -2.42. The number of hydrogen-bond acceptors (Lipinski definition) is 4. The molecule has 0 amide bonds. The summed E-state index contributed by atoms with van der Waals surface area (Å²) in [5.41, 5.74) is 2.73. The highest BCUT2D eigenvalue weighted by Crippen LogP contribution is 2.19. The van der Waals surface area contributed by atoms with Crippen LogP contribution >= 0.6 is 0 Å². The maximum absolute atomic E-state index is 5.50. The van der Waals surface area contributed by atoms with Crippen molar-refractivity contribution in [3.8, 4) is 0 Å². The minimum absolute atomic E-state index is 0.623. The highest BCUT2D eigenvalue weighted by Gasteiger charge is 2.25. The van der Waals surface area contributed by atoms with Gasteiger partial charge in [0.1, 0.15) is 5.82 Å². The van der Waals surface area contributed by atoms with Gasteiger partial charge in [-0.2, -0.15) is 0 Å². The molecule has 4 rings (SSSR count). The van der Waals surface area contributed by atoms with Gasteiger partial charge in [0, 0.05) is 57.6 Å². The molecule has 1 aromatic carbocycles. The molecule has 25 heavy (non-hydrogen) atoms. The molecule has 1 fully saturated rings. The molecule has 1 atom stereocenters. The molecule has 0 bridgehead atoms. The number of hydrogen-bond donors (Lipinski definition) is 0. The number of aromatic nitrogens is 2. The van der Waals surface area contributed by atoms with Crippen LogP contribution in [0, 0.1) is 12.8 Å². The Balaban J connectivity index is 1.48. The normalized spacial score (nSPS) is 22.5. The fraction of sp³-hybridized carbons (Fsp3) is 0.550. The van der Waals surface area contributed by atoms with E-state index in [1.165, 1.54) is 17.0 Å². The molecule has 5 nitrogen and oxygen atoms in total. The molecular formula is C20H28N4O. The van der Waals surface area contributed by atoms with Gasteiger partial charge >= 0.3 is 0 Å². The van der Waals surface area contributed by atoms with Gasteiger partial charge in [-0.05, 0) is 12.5 Å². The standard InChI is InChI=1S/C20H28N4O/c1-17-3-2-4-18(11-17)12-23-14-19(13-22-7-9-25-10-8-22)15-24-6-5-21-20(24)16-23/h2-6,11,19H,7-10,12-16H2,1H3/t19-/m1/s1. The summed E-state index contributed by atoms with van der Waals surface area (Å²) >= 11 is 0. The average molecular weight is 340 g/mol. The van der Waals surface area contributed by atoms with Crippen molar-refractivity contribution in [1.82, 2.24) is 19.4 Å². The van der Waals surface area contributed by atoms with Crippen LogP contribution in [-0.2, 0) is 24.4 Å². The molecule has 0 radical (unpaired) electrons. The van der Waals surface area contributed by atoms with Crippen LogP contribution in [0.5, 0.6) is 0 Å². The number of nitrogens with zero attached hydrogens (tertiary/aromatic N) is 4. The Morgan fingerprint density at radius 2 is 2.04 bits per heavy atom. The Morgan fingerprint density at radius 1 is 1.16 bits per heavy atom. The first-order valence-corrected chi connectivity index (χ1v) is 9.34. The lowest BCUT2D eigenvalue weighted by Gasteiger charge is -2.31. The summed E-state index contributed by atoms with van der Waals surface area (Å²) < 4.78 is 7.85. The third-order valence-corrected chi connectivity index (χ3v) is 5.25. The summed E-state index contributed by atoms with van der Waals surface area (Å²) in [6.45, 7) is 11.3. The molecule has 0 unspecified atom stereocenters. The molecule has 0 saturated carbocycles. The first kappa shape index (κ1) is 16.8. The van der Waals surface area contributed by atoms with Crippen molar-refractivity contribution >= 4 is 0 Å². The van der Waals surface area contributed by atoms with Gasteiger partial charge in [-0.1, -0.05) is 29.8 Å². The van der Waals surface area contributed by atoms with E-state index in [-0.39, 0.29) is 0 Å².